The molecule has 1 aliphatic rings. The maximum Gasteiger partial charge on any atom is 0.224 e. The van der Waals surface area contributed by atoms with E-state index in [1.807, 2.05) is 30.0 Å². The maximum atomic E-state index is 12.0. The van der Waals surface area contributed by atoms with Gasteiger partial charge in [-0.05, 0) is 43.9 Å². The molecular weight excluding hydrogens is 238 g/mol. The van der Waals surface area contributed by atoms with Crippen molar-refractivity contribution in [1.29, 1.82) is 0 Å². The lowest BCUT2D eigenvalue weighted by molar-refractivity contribution is -0.131. The van der Waals surface area contributed by atoms with E-state index in [-0.39, 0.29) is 5.91 Å². The van der Waals surface area contributed by atoms with Crippen molar-refractivity contribution in [3.8, 4) is 0 Å². The van der Waals surface area contributed by atoms with Crippen LogP contribution >= 0.6 is 0 Å². The van der Waals surface area contributed by atoms with E-state index in [4.69, 9.17) is 5.73 Å². The first-order valence-electron chi connectivity index (χ1n) is 7.04. The summed E-state index contributed by atoms with van der Waals surface area (Å²) < 4.78 is 0. The van der Waals surface area contributed by atoms with E-state index < -0.39 is 0 Å². The third-order valence-corrected chi connectivity index (χ3v) is 3.57. The zero-order valence-electron chi connectivity index (χ0n) is 11.6. The number of benzene rings is 1. The number of anilines is 2. The molecule has 1 saturated heterocycles. The van der Waals surface area contributed by atoms with Gasteiger partial charge in [0.1, 0.15) is 0 Å². The molecule has 0 unspecified atom stereocenters. The SMILES string of the molecule is Cc1ccc(NCCC(=O)N2CCCCC2)c(N)c1. The number of piperidine rings is 1. The number of nitrogens with one attached hydrogen (secondary N) is 1. The quantitative estimate of drug-likeness (QED) is 0.818. The molecule has 2 rings (SSSR count). The Balaban J connectivity index is 1.78. The number of amides is 1. The number of carbonyl (C=O) groups excluding carboxylic acids is 1. The summed E-state index contributed by atoms with van der Waals surface area (Å²) in [5.41, 5.74) is 8.72. The average molecular weight is 261 g/mol. The van der Waals surface area contributed by atoms with Crippen LogP contribution in [0, 0.1) is 6.92 Å². The van der Waals surface area contributed by atoms with Gasteiger partial charge < -0.3 is 16.0 Å². The fourth-order valence-electron chi connectivity index (χ4n) is 2.45. The summed E-state index contributed by atoms with van der Waals surface area (Å²) in [6.45, 7) is 4.50. The minimum absolute atomic E-state index is 0.248. The van der Waals surface area contributed by atoms with Crippen LogP contribution in [0.2, 0.25) is 0 Å². The van der Waals surface area contributed by atoms with Crippen LogP contribution in [0.3, 0.4) is 0 Å². The van der Waals surface area contributed by atoms with Crippen molar-refractivity contribution in [3.63, 3.8) is 0 Å². The molecule has 1 amide bonds. The van der Waals surface area contributed by atoms with E-state index in [2.05, 4.69) is 5.32 Å². The molecule has 0 saturated carbocycles. The lowest BCUT2D eigenvalue weighted by Crippen LogP contribution is -2.36. The zero-order chi connectivity index (χ0) is 13.7. The van der Waals surface area contributed by atoms with E-state index in [1.165, 1.54) is 6.42 Å². The van der Waals surface area contributed by atoms with Gasteiger partial charge in [-0.3, -0.25) is 4.79 Å². The van der Waals surface area contributed by atoms with Gasteiger partial charge in [0.15, 0.2) is 0 Å². The zero-order valence-corrected chi connectivity index (χ0v) is 11.6. The van der Waals surface area contributed by atoms with Crippen molar-refractivity contribution in [3.05, 3.63) is 23.8 Å². The molecule has 1 aromatic rings. The highest BCUT2D eigenvalue weighted by molar-refractivity contribution is 5.77. The molecular formula is C15H23N3O. The summed E-state index contributed by atoms with van der Waals surface area (Å²) in [6.07, 6.45) is 4.07. The van der Waals surface area contributed by atoms with E-state index in [1.54, 1.807) is 0 Å². The third-order valence-electron chi connectivity index (χ3n) is 3.57. The van der Waals surface area contributed by atoms with E-state index in [0.29, 0.717) is 13.0 Å². The Labute approximate surface area is 115 Å². The van der Waals surface area contributed by atoms with Crippen LogP contribution in [-0.4, -0.2) is 30.4 Å². The summed E-state index contributed by atoms with van der Waals surface area (Å²) in [6, 6.07) is 5.93. The highest BCUT2D eigenvalue weighted by atomic mass is 16.2. The first kappa shape index (κ1) is 13.7. The Morgan fingerprint density at radius 3 is 2.74 bits per heavy atom. The highest BCUT2D eigenvalue weighted by Gasteiger charge is 2.15. The first-order valence-corrected chi connectivity index (χ1v) is 7.04. The van der Waals surface area contributed by atoms with E-state index in [9.17, 15) is 4.79 Å². The van der Waals surface area contributed by atoms with Gasteiger partial charge in [0.25, 0.3) is 0 Å². The van der Waals surface area contributed by atoms with Crippen LogP contribution in [0.4, 0.5) is 11.4 Å². The maximum absolute atomic E-state index is 12.0. The summed E-state index contributed by atoms with van der Waals surface area (Å²) in [5.74, 6) is 0.248. The molecule has 19 heavy (non-hydrogen) atoms. The van der Waals surface area contributed by atoms with E-state index in [0.717, 1.165) is 42.9 Å². The van der Waals surface area contributed by atoms with Crippen molar-refractivity contribution < 1.29 is 4.79 Å². The van der Waals surface area contributed by atoms with Gasteiger partial charge in [-0.15, -0.1) is 0 Å². The van der Waals surface area contributed by atoms with Crippen molar-refractivity contribution in [1.82, 2.24) is 4.90 Å². The second-order valence-corrected chi connectivity index (χ2v) is 5.21. The topological polar surface area (TPSA) is 58.4 Å². The normalized spacial score (nSPS) is 15.3. The predicted octanol–water partition coefficient (Wildman–Crippen LogP) is 2.39. The van der Waals surface area contributed by atoms with Gasteiger partial charge in [-0.25, -0.2) is 0 Å². The first-order chi connectivity index (χ1) is 9.16. The van der Waals surface area contributed by atoms with Gasteiger partial charge in [0, 0.05) is 26.1 Å². The second kappa shape index (κ2) is 6.45. The monoisotopic (exact) mass is 261 g/mol. The molecule has 0 bridgehead atoms. The largest absolute Gasteiger partial charge is 0.397 e. The second-order valence-electron chi connectivity index (χ2n) is 5.21. The van der Waals surface area contributed by atoms with Gasteiger partial charge >= 0.3 is 0 Å². The fourth-order valence-corrected chi connectivity index (χ4v) is 2.45. The van der Waals surface area contributed by atoms with Crippen molar-refractivity contribution in [2.45, 2.75) is 32.6 Å². The molecule has 0 atom stereocenters. The fraction of sp³-hybridized carbons (Fsp3) is 0.533. The molecule has 4 nitrogen and oxygen atoms in total. The minimum Gasteiger partial charge on any atom is -0.397 e. The minimum atomic E-state index is 0.248. The number of nitrogen functional groups attached to an aromatic ring is 1. The number of hydrogen-bond donors (Lipinski definition) is 2. The number of nitrogens with two attached hydrogens (primary N) is 1. The standard InChI is InChI=1S/C15H23N3O/c1-12-5-6-14(13(16)11-12)17-8-7-15(19)18-9-3-2-4-10-18/h5-6,11,17H,2-4,7-10,16H2,1H3. The molecule has 3 N–H and O–H groups in total. The average Bonchev–Trinajstić information content (AvgIpc) is 2.42. The number of aryl methyl sites for hydroxylation is 1. The number of carbonyl (C=O) groups is 1. The van der Waals surface area contributed by atoms with Crippen LogP contribution in [0.1, 0.15) is 31.2 Å². The van der Waals surface area contributed by atoms with Crippen LogP contribution in [-0.2, 0) is 4.79 Å². The molecule has 1 aromatic carbocycles. The Morgan fingerprint density at radius 1 is 1.32 bits per heavy atom. The highest BCUT2D eigenvalue weighted by Crippen LogP contribution is 2.19. The molecule has 0 aromatic heterocycles. The van der Waals surface area contributed by atoms with Crippen molar-refractivity contribution in [2.75, 3.05) is 30.7 Å². The Kier molecular flexibility index (Phi) is 4.66. The van der Waals surface area contributed by atoms with Gasteiger partial charge in [0.2, 0.25) is 5.91 Å². The molecule has 4 heteroatoms. The van der Waals surface area contributed by atoms with Gasteiger partial charge in [0.05, 0.1) is 11.4 Å². The van der Waals surface area contributed by atoms with Crippen molar-refractivity contribution in [2.24, 2.45) is 0 Å². The van der Waals surface area contributed by atoms with Gasteiger partial charge in [-0.2, -0.15) is 0 Å². The van der Waals surface area contributed by atoms with Crippen LogP contribution < -0.4 is 11.1 Å². The third kappa shape index (κ3) is 3.88. The molecule has 1 aliphatic heterocycles. The molecule has 0 aliphatic carbocycles. The Bertz CT molecular complexity index is 439. The molecule has 0 spiro atoms. The number of hydrogen-bond acceptors (Lipinski definition) is 3. The number of rotatable bonds is 4. The van der Waals surface area contributed by atoms with Crippen LogP contribution in [0.25, 0.3) is 0 Å². The summed E-state index contributed by atoms with van der Waals surface area (Å²) >= 11 is 0. The predicted molar refractivity (Wildman–Crippen MR) is 79.1 cm³/mol. The summed E-state index contributed by atoms with van der Waals surface area (Å²) in [7, 11) is 0. The molecule has 1 fully saturated rings. The lowest BCUT2D eigenvalue weighted by Gasteiger charge is -2.26. The van der Waals surface area contributed by atoms with Crippen LogP contribution in [0.5, 0.6) is 0 Å². The van der Waals surface area contributed by atoms with E-state index >= 15 is 0 Å². The number of likely N-dealkylation sites (tertiary alicyclic amines) is 1. The molecule has 0 radical (unpaired) electrons. The Hall–Kier alpha value is -1.71. The van der Waals surface area contributed by atoms with Gasteiger partial charge in [-0.1, -0.05) is 6.07 Å². The Morgan fingerprint density at radius 2 is 2.05 bits per heavy atom. The molecule has 104 valence electrons. The van der Waals surface area contributed by atoms with Crippen molar-refractivity contribution >= 4 is 17.3 Å². The summed E-state index contributed by atoms with van der Waals surface area (Å²) in [4.78, 5) is 14.0. The van der Waals surface area contributed by atoms with Crippen LogP contribution in [0.15, 0.2) is 18.2 Å². The smallest absolute Gasteiger partial charge is 0.224 e. The summed E-state index contributed by atoms with van der Waals surface area (Å²) in [5, 5.41) is 3.24. The molecule has 1 heterocycles. The lowest BCUT2D eigenvalue weighted by atomic mass is 10.1. The number of nitrogens with zero attached hydrogens (tertiary/aromatic N) is 1.